The van der Waals surface area contributed by atoms with Crippen LogP contribution in [-0.2, 0) is 0 Å². The van der Waals surface area contributed by atoms with Gasteiger partial charge in [-0.05, 0) is 31.5 Å². The van der Waals surface area contributed by atoms with Crippen LogP contribution in [0.15, 0.2) is 18.2 Å². The molecule has 0 saturated heterocycles. The number of hydrogen-bond acceptors (Lipinski definition) is 3. The Kier molecular flexibility index (Phi) is 4.60. The summed E-state index contributed by atoms with van der Waals surface area (Å²) in [7, 11) is 0. The van der Waals surface area contributed by atoms with E-state index in [0.717, 1.165) is 5.56 Å². The molecule has 0 saturated carbocycles. The molecular weight excluding hydrogens is 224 g/mol. The predicted molar refractivity (Wildman–Crippen MR) is 64.4 cm³/mol. The lowest BCUT2D eigenvalue weighted by molar-refractivity contribution is 0.248. The van der Waals surface area contributed by atoms with E-state index in [4.69, 9.17) is 27.3 Å². The summed E-state index contributed by atoms with van der Waals surface area (Å²) in [5.74, 6) is 0.632. The lowest BCUT2D eigenvalue weighted by atomic mass is 10.1. The van der Waals surface area contributed by atoms with E-state index in [1.807, 2.05) is 13.8 Å². The quantitative estimate of drug-likeness (QED) is 0.877. The second-order valence-corrected chi connectivity index (χ2v) is 4.05. The van der Waals surface area contributed by atoms with Crippen LogP contribution in [-0.4, -0.2) is 6.10 Å². The molecule has 0 aromatic heterocycles. The van der Waals surface area contributed by atoms with Crippen LogP contribution in [0.25, 0.3) is 0 Å². The maximum absolute atomic E-state index is 8.84. The summed E-state index contributed by atoms with van der Waals surface area (Å²) in [5, 5.41) is 9.45. The van der Waals surface area contributed by atoms with Crippen molar-refractivity contribution in [3.8, 4) is 11.8 Å². The van der Waals surface area contributed by atoms with E-state index < -0.39 is 6.10 Å². The Labute approximate surface area is 101 Å². The summed E-state index contributed by atoms with van der Waals surface area (Å²) < 4.78 is 5.56. The molecule has 0 amide bonds. The Morgan fingerprint density at radius 2 is 2.25 bits per heavy atom. The Balaban J connectivity index is 3.00. The fourth-order valence-electron chi connectivity index (χ4n) is 1.34. The van der Waals surface area contributed by atoms with Crippen LogP contribution in [0.5, 0.6) is 5.75 Å². The Morgan fingerprint density at radius 3 is 2.75 bits per heavy atom. The van der Waals surface area contributed by atoms with Gasteiger partial charge in [0.1, 0.15) is 11.8 Å². The van der Waals surface area contributed by atoms with Crippen LogP contribution in [0.2, 0.25) is 5.02 Å². The van der Waals surface area contributed by atoms with Gasteiger partial charge in [0, 0.05) is 16.6 Å². The van der Waals surface area contributed by atoms with Crippen LogP contribution in [0, 0.1) is 11.3 Å². The van der Waals surface area contributed by atoms with E-state index in [1.165, 1.54) is 0 Å². The van der Waals surface area contributed by atoms with Crippen molar-refractivity contribution in [2.24, 2.45) is 5.73 Å². The molecule has 3 nitrogen and oxygen atoms in total. The summed E-state index contributed by atoms with van der Waals surface area (Å²) >= 11 is 5.89. The molecule has 0 bridgehead atoms. The van der Waals surface area contributed by atoms with E-state index in [-0.39, 0.29) is 6.04 Å². The van der Waals surface area contributed by atoms with Crippen LogP contribution in [0.4, 0.5) is 0 Å². The van der Waals surface area contributed by atoms with Gasteiger partial charge >= 0.3 is 0 Å². The summed E-state index contributed by atoms with van der Waals surface area (Å²) in [6.07, 6.45) is 0.191. The third kappa shape index (κ3) is 3.13. The second kappa shape index (κ2) is 5.74. The first-order valence-corrected chi connectivity index (χ1v) is 5.57. The highest BCUT2D eigenvalue weighted by molar-refractivity contribution is 6.30. The molecule has 16 heavy (non-hydrogen) atoms. The van der Waals surface area contributed by atoms with Gasteiger partial charge in [0.2, 0.25) is 0 Å². The summed E-state index contributed by atoms with van der Waals surface area (Å²) in [5.41, 5.74) is 6.64. The first-order valence-electron chi connectivity index (χ1n) is 5.19. The minimum absolute atomic E-state index is 0.176. The van der Waals surface area contributed by atoms with Crippen LogP contribution < -0.4 is 10.5 Å². The molecule has 0 spiro atoms. The lowest BCUT2D eigenvalue weighted by Crippen LogP contribution is -2.15. The minimum Gasteiger partial charge on any atom is -0.475 e. The zero-order valence-corrected chi connectivity index (χ0v) is 10.2. The third-order valence-electron chi connectivity index (χ3n) is 2.25. The molecule has 0 fully saturated rings. The van der Waals surface area contributed by atoms with E-state index >= 15 is 0 Å². The monoisotopic (exact) mass is 238 g/mol. The molecule has 2 N–H and O–H groups in total. The predicted octanol–water partition coefficient (Wildman–Crippen LogP) is 3.04. The van der Waals surface area contributed by atoms with E-state index in [9.17, 15) is 0 Å². The maximum atomic E-state index is 8.84. The fourth-order valence-corrected chi connectivity index (χ4v) is 1.52. The van der Waals surface area contributed by atoms with Crippen LogP contribution in [0.1, 0.15) is 31.9 Å². The number of ether oxygens (including phenoxy) is 1. The first kappa shape index (κ1) is 12.8. The Morgan fingerprint density at radius 1 is 1.56 bits per heavy atom. The van der Waals surface area contributed by atoms with Crippen LogP contribution in [0.3, 0.4) is 0 Å². The van der Waals surface area contributed by atoms with Gasteiger partial charge in [0.15, 0.2) is 6.10 Å². The second-order valence-electron chi connectivity index (χ2n) is 3.61. The number of halogens is 1. The van der Waals surface area contributed by atoms with Gasteiger partial charge in [0.05, 0.1) is 0 Å². The molecule has 1 unspecified atom stereocenters. The number of nitrogens with two attached hydrogens (primary N) is 1. The van der Waals surface area contributed by atoms with Gasteiger partial charge in [-0.3, -0.25) is 0 Å². The molecule has 86 valence electrons. The highest BCUT2D eigenvalue weighted by Gasteiger charge is 2.13. The lowest BCUT2D eigenvalue weighted by Gasteiger charge is -2.16. The van der Waals surface area contributed by atoms with E-state index in [2.05, 4.69) is 6.07 Å². The number of hydrogen-bond donors (Lipinski definition) is 1. The molecule has 2 atom stereocenters. The average Bonchev–Trinajstić information content (AvgIpc) is 2.27. The van der Waals surface area contributed by atoms with Crippen molar-refractivity contribution in [2.45, 2.75) is 32.4 Å². The molecule has 0 aliphatic rings. The number of nitriles is 1. The van der Waals surface area contributed by atoms with Gasteiger partial charge in [0.25, 0.3) is 0 Å². The molecule has 1 rings (SSSR count). The standard InChI is InChI=1S/C12H15ClN2O/c1-3-10(7-14)16-12-5-4-9(13)6-11(12)8(2)15/h4-6,8,10H,3,15H2,1-2H3/t8-,10?/m1/s1. The number of benzene rings is 1. The maximum Gasteiger partial charge on any atom is 0.184 e. The molecule has 0 heterocycles. The fraction of sp³-hybridized carbons (Fsp3) is 0.417. The Bertz CT molecular complexity index is 398. The van der Waals surface area contributed by atoms with Crippen molar-refractivity contribution in [3.05, 3.63) is 28.8 Å². The molecule has 1 aromatic carbocycles. The largest absolute Gasteiger partial charge is 0.475 e. The van der Waals surface area contributed by atoms with Crippen molar-refractivity contribution in [3.63, 3.8) is 0 Å². The Hall–Kier alpha value is -1.24. The van der Waals surface area contributed by atoms with Gasteiger partial charge in [-0.15, -0.1) is 0 Å². The van der Waals surface area contributed by atoms with E-state index in [1.54, 1.807) is 18.2 Å². The number of nitrogens with zero attached hydrogens (tertiary/aromatic N) is 1. The molecule has 4 heteroatoms. The van der Waals surface area contributed by atoms with Gasteiger partial charge in [-0.1, -0.05) is 18.5 Å². The van der Waals surface area contributed by atoms with Crippen LogP contribution >= 0.6 is 11.6 Å². The SMILES string of the molecule is CCC(C#N)Oc1ccc(Cl)cc1[C@@H](C)N. The van der Waals surface area contributed by atoms with Crippen molar-refractivity contribution in [1.82, 2.24) is 0 Å². The smallest absolute Gasteiger partial charge is 0.184 e. The molecule has 0 aliphatic carbocycles. The van der Waals surface area contributed by atoms with Crippen molar-refractivity contribution >= 4 is 11.6 Å². The molecule has 0 aliphatic heterocycles. The van der Waals surface area contributed by atoms with Crippen molar-refractivity contribution in [1.29, 1.82) is 5.26 Å². The first-order chi connectivity index (χ1) is 7.58. The molecular formula is C12H15ClN2O. The normalized spacial score (nSPS) is 13.9. The molecule has 0 radical (unpaired) electrons. The van der Waals surface area contributed by atoms with Gasteiger partial charge in [-0.25, -0.2) is 0 Å². The molecule has 1 aromatic rings. The zero-order chi connectivity index (χ0) is 12.1. The van der Waals surface area contributed by atoms with E-state index in [0.29, 0.717) is 17.2 Å². The van der Waals surface area contributed by atoms with Crippen molar-refractivity contribution in [2.75, 3.05) is 0 Å². The van der Waals surface area contributed by atoms with Gasteiger partial charge < -0.3 is 10.5 Å². The topological polar surface area (TPSA) is 59.0 Å². The summed E-state index contributed by atoms with van der Waals surface area (Å²) in [6, 6.07) is 7.16. The minimum atomic E-state index is -0.446. The highest BCUT2D eigenvalue weighted by atomic mass is 35.5. The number of rotatable bonds is 4. The third-order valence-corrected chi connectivity index (χ3v) is 2.48. The zero-order valence-electron chi connectivity index (χ0n) is 9.40. The van der Waals surface area contributed by atoms with Crippen molar-refractivity contribution < 1.29 is 4.74 Å². The highest BCUT2D eigenvalue weighted by Crippen LogP contribution is 2.28. The summed E-state index contributed by atoms with van der Waals surface area (Å²) in [6.45, 7) is 3.75. The average molecular weight is 239 g/mol. The van der Waals surface area contributed by atoms with Gasteiger partial charge in [-0.2, -0.15) is 5.26 Å². The summed E-state index contributed by atoms with van der Waals surface area (Å²) in [4.78, 5) is 0.